The van der Waals surface area contributed by atoms with Crippen LogP contribution in [0.1, 0.15) is 13.8 Å². The predicted octanol–water partition coefficient (Wildman–Crippen LogP) is 4.61. The molecule has 4 aromatic rings. The van der Waals surface area contributed by atoms with Gasteiger partial charge < -0.3 is 5.73 Å². The Bertz CT molecular complexity index is 1120. The van der Waals surface area contributed by atoms with Crippen LogP contribution < -0.4 is 5.73 Å². The van der Waals surface area contributed by atoms with Gasteiger partial charge in [0.25, 0.3) is 0 Å². The predicted molar refractivity (Wildman–Crippen MR) is 106 cm³/mol. The second-order valence-electron chi connectivity index (χ2n) is 6.15. The number of pyridine rings is 1. The minimum Gasteiger partial charge on any atom is -0.398 e. The molecule has 0 aliphatic heterocycles. The van der Waals surface area contributed by atoms with Gasteiger partial charge in [0.15, 0.2) is 0 Å². The Morgan fingerprint density at radius 3 is 2.72 bits per heavy atom. The lowest BCUT2D eigenvalue weighted by molar-refractivity contribution is 0.677. The van der Waals surface area contributed by atoms with Crippen LogP contribution in [0.4, 0.5) is 5.69 Å². The third kappa shape index (κ3) is 2.81. The smallest absolute Gasteiger partial charge is 0.0818 e. The van der Waals surface area contributed by atoms with Gasteiger partial charge in [-0.2, -0.15) is 0 Å². The van der Waals surface area contributed by atoms with E-state index in [9.17, 15) is 4.21 Å². The first kappa shape index (κ1) is 16.2. The number of rotatable bonds is 3. The van der Waals surface area contributed by atoms with E-state index < -0.39 is 10.8 Å². The number of hydrogen-bond donors (Lipinski definition) is 1. The zero-order chi connectivity index (χ0) is 17.6. The maximum atomic E-state index is 12.4. The fraction of sp³-hybridized carbons (Fsp3) is 0.158. The van der Waals surface area contributed by atoms with Gasteiger partial charge in [0, 0.05) is 27.3 Å². The number of hydrogen-bond acceptors (Lipinski definition) is 5. The molecule has 0 fully saturated rings. The molecule has 0 aliphatic carbocycles. The summed E-state index contributed by atoms with van der Waals surface area (Å²) in [6, 6.07) is 11.8. The van der Waals surface area contributed by atoms with Crippen molar-refractivity contribution in [1.29, 1.82) is 0 Å². The summed E-state index contributed by atoms with van der Waals surface area (Å²) < 4.78 is 13.6. The lowest BCUT2D eigenvalue weighted by Crippen LogP contribution is -2.06. The number of nitrogens with two attached hydrogens (primary N) is 1. The first-order valence-electron chi connectivity index (χ1n) is 7.97. The molecule has 0 radical (unpaired) electrons. The van der Waals surface area contributed by atoms with Gasteiger partial charge in [0.2, 0.25) is 0 Å². The van der Waals surface area contributed by atoms with E-state index >= 15 is 0 Å². The second kappa shape index (κ2) is 6.20. The van der Waals surface area contributed by atoms with Crippen molar-refractivity contribution in [3.05, 3.63) is 48.1 Å². The molecule has 0 saturated carbocycles. The number of nitrogens with zero attached hydrogens (tertiary/aromatic N) is 2. The molecule has 1 atom stereocenters. The molecule has 0 bridgehead atoms. The number of fused-ring (bicyclic) bond motifs is 2. The van der Waals surface area contributed by atoms with Crippen molar-refractivity contribution in [1.82, 2.24) is 9.97 Å². The van der Waals surface area contributed by atoms with Crippen LogP contribution in [0.3, 0.4) is 0 Å². The van der Waals surface area contributed by atoms with E-state index in [-0.39, 0.29) is 5.25 Å². The van der Waals surface area contributed by atoms with E-state index in [2.05, 4.69) is 16.0 Å². The Morgan fingerprint density at radius 1 is 1.08 bits per heavy atom. The SMILES string of the molecule is CC(C)S(=O)c1ccc2ncc(-c3ccc4scnc4c3)c(N)c2c1. The number of anilines is 1. The van der Waals surface area contributed by atoms with E-state index in [1.165, 1.54) is 0 Å². The highest BCUT2D eigenvalue weighted by atomic mass is 32.2. The standard InChI is InChI=1S/C19H17N3OS2/c1-11(2)25(23)13-4-5-16-14(8-13)19(20)15(9-21-16)12-3-6-18-17(7-12)22-10-24-18/h3-11H,1-2H3,(H2,20,21). The average molecular weight is 367 g/mol. The number of nitrogen functional groups attached to an aromatic ring is 1. The summed E-state index contributed by atoms with van der Waals surface area (Å²) >= 11 is 1.61. The molecule has 25 heavy (non-hydrogen) atoms. The van der Waals surface area contributed by atoms with E-state index in [4.69, 9.17) is 5.73 Å². The molecule has 0 spiro atoms. The molecule has 126 valence electrons. The van der Waals surface area contributed by atoms with Crippen molar-refractivity contribution in [2.75, 3.05) is 5.73 Å². The van der Waals surface area contributed by atoms with Gasteiger partial charge >= 0.3 is 0 Å². The maximum absolute atomic E-state index is 12.4. The van der Waals surface area contributed by atoms with Crippen molar-refractivity contribution in [3.63, 3.8) is 0 Å². The van der Waals surface area contributed by atoms with Gasteiger partial charge in [-0.1, -0.05) is 19.9 Å². The monoisotopic (exact) mass is 367 g/mol. The normalized spacial score (nSPS) is 12.9. The van der Waals surface area contributed by atoms with E-state index in [1.807, 2.05) is 49.7 Å². The van der Waals surface area contributed by atoms with Crippen LogP contribution in [-0.2, 0) is 10.8 Å². The number of thiazole rings is 1. The van der Waals surface area contributed by atoms with Crippen molar-refractivity contribution in [2.45, 2.75) is 24.0 Å². The van der Waals surface area contributed by atoms with E-state index in [0.717, 1.165) is 37.1 Å². The first-order chi connectivity index (χ1) is 12.0. The molecule has 1 unspecified atom stereocenters. The van der Waals surface area contributed by atoms with Crippen molar-refractivity contribution < 1.29 is 4.21 Å². The number of benzene rings is 2. The fourth-order valence-corrected chi connectivity index (χ4v) is 4.48. The van der Waals surface area contributed by atoms with E-state index in [0.29, 0.717) is 5.69 Å². The maximum Gasteiger partial charge on any atom is 0.0818 e. The van der Waals surface area contributed by atoms with Gasteiger partial charge in [0.05, 0.1) is 37.7 Å². The Hall–Kier alpha value is -2.31. The van der Waals surface area contributed by atoms with Crippen molar-refractivity contribution >= 4 is 48.9 Å². The van der Waals surface area contributed by atoms with E-state index in [1.54, 1.807) is 17.5 Å². The first-order valence-corrected chi connectivity index (χ1v) is 10.1. The van der Waals surface area contributed by atoms with Crippen LogP contribution in [0.15, 0.2) is 53.0 Å². The summed E-state index contributed by atoms with van der Waals surface area (Å²) in [7, 11) is -1.06. The third-order valence-electron chi connectivity index (χ3n) is 4.18. The van der Waals surface area contributed by atoms with Crippen LogP contribution in [-0.4, -0.2) is 19.4 Å². The zero-order valence-corrected chi connectivity index (χ0v) is 15.5. The topological polar surface area (TPSA) is 68.9 Å². The molecular weight excluding hydrogens is 350 g/mol. The summed E-state index contributed by atoms with van der Waals surface area (Å²) in [5.74, 6) is 0. The van der Waals surface area contributed by atoms with Crippen LogP contribution in [0.25, 0.3) is 32.2 Å². The highest BCUT2D eigenvalue weighted by Gasteiger charge is 2.13. The Morgan fingerprint density at radius 2 is 1.92 bits per heavy atom. The molecule has 2 aromatic carbocycles. The zero-order valence-electron chi connectivity index (χ0n) is 13.9. The van der Waals surface area contributed by atoms with Gasteiger partial charge in [-0.05, 0) is 35.9 Å². The molecule has 2 N–H and O–H groups in total. The van der Waals surface area contributed by atoms with Crippen molar-refractivity contribution in [2.24, 2.45) is 0 Å². The van der Waals surface area contributed by atoms with Gasteiger partial charge in [-0.15, -0.1) is 11.3 Å². The van der Waals surface area contributed by atoms with Crippen LogP contribution in [0.5, 0.6) is 0 Å². The fourth-order valence-electron chi connectivity index (χ4n) is 2.84. The summed E-state index contributed by atoms with van der Waals surface area (Å²) in [6.45, 7) is 3.89. The van der Waals surface area contributed by atoms with Crippen molar-refractivity contribution in [3.8, 4) is 11.1 Å². The third-order valence-corrected chi connectivity index (χ3v) is 6.57. The van der Waals surface area contributed by atoms with Gasteiger partial charge in [-0.3, -0.25) is 9.19 Å². The summed E-state index contributed by atoms with van der Waals surface area (Å²) in [4.78, 5) is 9.69. The molecular formula is C19H17N3OS2. The highest BCUT2D eigenvalue weighted by molar-refractivity contribution is 7.85. The average Bonchev–Trinajstić information content (AvgIpc) is 3.09. The quantitative estimate of drug-likeness (QED) is 0.574. The summed E-state index contributed by atoms with van der Waals surface area (Å²) in [5.41, 5.74) is 12.6. The Balaban J connectivity index is 1.89. The molecule has 0 saturated heterocycles. The minimum absolute atomic E-state index is 0.0573. The summed E-state index contributed by atoms with van der Waals surface area (Å²) in [6.07, 6.45) is 1.80. The summed E-state index contributed by atoms with van der Waals surface area (Å²) in [5, 5.41) is 0.893. The second-order valence-corrected chi connectivity index (χ2v) is 9.04. The molecule has 4 nitrogen and oxygen atoms in total. The minimum atomic E-state index is -1.06. The Kier molecular flexibility index (Phi) is 4.01. The van der Waals surface area contributed by atoms with Gasteiger partial charge in [0.1, 0.15) is 0 Å². The van der Waals surface area contributed by atoms with Crippen LogP contribution >= 0.6 is 11.3 Å². The largest absolute Gasteiger partial charge is 0.398 e. The number of aromatic nitrogens is 2. The lowest BCUT2D eigenvalue weighted by atomic mass is 10.0. The van der Waals surface area contributed by atoms with Crippen LogP contribution in [0, 0.1) is 0 Å². The molecule has 0 amide bonds. The Labute approximate surface area is 152 Å². The highest BCUT2D eigenvalue weighted by Crippen LogP contribution is 2.34. The molecule has 2 heterocycles. The molecule has 0 aliphatic rings. The van der Waals surface area contributed by atoms with Gasteiger partial charge in [-0.25, -0.2) is 4.98 Å². The molecule has 2 aromatic heterocycles. The molecule has 4 rings (SSSR count). The lowest BCUT2D eigenvalue weighted by Gasteiger charge is -2.11. The van der Waals surface area contributed by atoms with Crippen LogP contribution in [0.2, 0.25) is 0 Å². The molecule has 6 heteroatoms.